The predicted molar refractivity (Wildman–Crippen MR) is 95.0 cm³/mol. The van der Waals surface area contributed by atoms with E-state index in [9.17, 15) is 13.2 Å². The van der Waals surface area contributed by atoms with E-state index < -0.39 is 11.7 Å². The molecule has 0 spiro atoms. The smallest absolute Gasteiger partial charge is 0.306 e. The van der Waals surface area contributed by atoms with E-state index in [4.69, 9.17) is 0 Å². The number of hydrogen-bond acceptors (Lipinski definition) is 2. The number of aromatic nitrogens is 2. The summed E-state index contributed by atoms with van der Waals surface area (Å²) >= 11 is 0. The lowest BCUT2D eigenvalue weighted by Gasteiger charge is -2.15. The van der Waals surface area contributed by atoms with Crippen LogP contribution in [0.2, 0.25) is 0 Å². The molecule has 2 aromatic carbocycles. The lowest BCUT2D eigenvalue weighted by Crippen LogP contribution is -2.19. The Hall–Kier alpha value is -2.60. The van der Waals surface area contributed by atoms with E-state index in [2.05, 4.69) is 10.4 Å². The highest BCUT2D eigenvalue weighted by Gasteiger charge is 2.30. The quantitative estimate of drug-likeness (QED) is 0.691. The molecular formula is C20H20F3N3. The first-order valence-corrected chi connectivity index (χ1v) is 8.35. The molecule has 1 N–H and O–H groups in total. The lowest BCUT2D eigenvalue weighted by molar-refractivity contribution is -0.137. The fraction of sp³-hybridized carbons (Fsp3) is 0.250. The minimum Gasteiger partial charge on any atom is -0.306 e. The Kier molecular flexibility index (Phi) is 5.13. The summed E-state index contributed by atoms with van der Waals surface area (Å²) < 4.78 is 40.3. The molecule has 0 aliphatic heterocycles. The van der Waals surface area contributed by atoms with Crippen molar-refractivity contribution in [1.29, 1.82) is 0 Å². The zero-order chi connectivity index (χ0) is 18.7. The van der Waals surface area contributed by atoms with Gasteiger partial charge < -0.3 is 5.32 Å². The summed E-state index contributed by atoms with van der Waals surface area (Å²) in [6, 6.07) is 15.1. The van der Waals surface area contributed by atoms with E-state index in [1.165, 1.54) is 12.1 Å². The zero-order valence-electron chi connectivity index (χ0n) is 14.6. The van der Waals surface area contributed by atoms with Gasteiger partial charge in [-0.2, -0.15) is 18.3 Å². The van der Waals surface area contributed by atoms with Crippen molar-refractivity contribution in [2.75, 3.05) is 0 Å². The van der Waals surface area contributed by atoms with Crippen molar-refractivity contribution in [2.24, 2.45) is 0 Å². The number of halogens is 3. The van der Waals surface area contributed by atoms with Gasteiger partial charge in [0, 0.05) is 23.8 Å². The summed E-state index contributed by atoms with van der Waals surface area (Å²) in [5.74, 6) is 0. The molecule has 1 atom stereocenters. The molecule has 0 amide bonds. The van der Waals surface area contributed by atoms with Gasteiger partial charge in [-0.25, -0.2) is 4.68 Å². The van der Waals surface area contributed by atoms with Crippen LogP contribution in [-0.4, -0.2) is 9.78 Å². The maximum absolute atomic E-state index is 12.8. The monoisotopic (exact) mass is 359 g/mol. The molecule has 0 saturated carbocycles. The van der Waals surface area contributed by atoms with Gasteiger partial charge in [0.15, 0.2) is 0 Å². The summed E-state index contributed by atoms with van der Waals surface area (Å²) in [6.45, 7) is 4.31. The molecule has 6 heteroatoms. The maximum atomic E-state index is 12.8. The fourth-order valence-corrected chi connectivity index (χ4v) is 2.92. The minimum atomic E-state index is -4.32. The van der Waals surface area contributed by atoms with Gasteiger partial charge in [-0.15, -0.1) is 0 Å². The normalized spacial score (nSPS) is 13.0. The third-order valence-corrected chi connectivity index (χ3v) is 4.38. The number of para-hydroxylation sites is 1. The van der Waals surface area contributed by atoms with Crippen molar-refractivity contribution in [3.63, 3.8) is 0 Å². The number of benzene rings is 2. The molecule has 0 radical (unpaired) electrons. The fourth-order valence-electron chi connectivity index (χ4n) is 2.92. The molecule has 0 aliphatic rings. The summed E-state index contributed by atoms with van der Waals surface area (Å²) in [7, 11) is 0. The number of hydrogen-bond donors (Lipinski definition) is 1. The molecule has 136 valence electrons. The number of nitrogens with one attached hydrogen (secondary N) is 1. The van der Waals surface area contributed by atoms with Gasteiger partial charge in [-0.3, -0.25) is 0 Å². The molecule has 0 bridgehead atoms. The summed E-state index contributed by atoms with van der Waals surface area (Å²) in [4.78, 5) is 0. The van der Waals surface area contributed by atoms with Crippen LogP contribution >= 0.6 is 0 Å². The van der Waals surface area contributed by atoms with Crippen LogP contribution in [0.5, 0.6) is 0 Å². The minimum absolute atomic E-state index is 0.0398. The standard InChI is InChI=1S/C20H20F3N3/c1-14(24-12-16-7-6-8-17(11-16)20(21,22)23)19-13-25-26(15(19)2)18-9-4-3-5-10-18/h3-11,13-14,24H,12H2,1-2H3/t14-/m0/s1. The number of alkyl halides is 3. The van der Waals surface area contributed by atoms with Gasteiger partial charge in [0.25, 0.3) is 0 Å². The number of rotatable bonds is 5. The molecule has 26 heavy (non-hydrogen) atoms. The van der Waals surface area contributed by atoms with Crippen molar-refractivity contribution >= 4 is 0 Å². The second-order valence-electron chi connectivity index (χ2n) is 6.23. The molecule has 0 fully saturated rings. The van der Waals surface area contributed by atoms with Crippen LogP contribution in [0.4, 0.5) is 13.2 Å². The average Bonchev–Trinajstić information content (AvgIpc) is 3.01. The van der Waals surface area contributed by atoms with E-state index in [-0.39, 0.29) is 6.04 Å². The highest BCUT2D eigenvalue weighted by molar-refractivity contribution is 5.35. The van der Waals surface area contributed by atoms with Gasteiger partial charge in [0.05, 0.1) is 17.4 Å². The van der Waals surface area contributed by atoms with E-state index >= 15 is 0 Å². The summed E-state index contributed by atoms with van der Waals surface area (Å²) in [5.41, 5.74) is 2.96. The van der Waals surface area contributed by atoms with Crippen LogP contribution in [0.25, 0.3) is 5.69 Å². The Morgan fingerprint density at radius 1 is 1.08 bits per heavy atom. The second-order valence-corrected chi connectivity index (χ2v) is 6.23. The molecule has 3 nitrogen and oxygen atoms in total. The third kappa shape index (κ3) is 3.96. The molecule has 3 rings (SSSR count). The van der Waals surface area contributed by atoms with E-state index in [0.717, 1.165) is 23.0 Å². The van der Waals surface area contributed by atoms with Crippen LogP contribution in [0.3, 0.4) is 0 Å². The summed E-state index contributed by atoms with van der Waals surface area (Å²) in [6.07, 6.45) is -2.53. The van der Waals surface area contributed by atoms with Gasteiger partial charge in [-0.05, 0) is 37.6 Å². The highest BCUT2D eigenvalue weighted by Crippen LogP contribution is 2.29. The van der Waals surface area contributed by atoms with Crippen molar-refractivity contribution in [1.82, 2.24) is 15.1 Å². The Morgan fingerprint density at radius 2 is 1.81 bits per heavy atom. The summed E-state index contributed by atoms with van der Waals surface area (Å²) in [5, 5.41) is 7.72. The second kappa shape index (κ2) is 7.33. The van der Waals surface area contributed by atoms with Crippen LogP contribution in [0.15, 0.2) is 60.8 Å². The van der Waals surface area contributed by atoms with Crippen molar-refractivity contribution < 1.29 is 13.2 Å². The predicted octanol–water partition coefficient (Wildman–Crippen LogP) is 5.05. The van der Waals surface area contributed by atoms with E-state index in [1.54, 1.807) is 12.3 Å². The van der Waals surface area contributed by atoms with Crippen molar-refractivity contribution in [3.8, 4) is 5.69 Å². The SMILES string of the molecule is Cc1c([C@H](C)NCc2cccc(C(F)(F)F)c2)cnn1-c1ccccc1. The Morgan fingerprint density at radius 3 is 2.50 bits per heavy atom. The Labute approximate surface area is 150 Å². The average molecular weight is 359 g/mol. The largest absolute Gasteiger partial charge is 0.416 e. The van der Waals surface area contributed by atoms with Crippen LogP contribution in [0, 0.1) is 6.92 Å². The Bertz CT molecular complexity index is 870. The number of nitrogens with zero attached hydrogens (tertiary/aromatic N) is 2. The van der Waals surface area contributed by atoms with Gasteiger partial charge in [-0.1, -0.05) is 36.4 Å². The van der Waals surface area contributed by atoms with Crippen molar-refractivity contribution in [3.05, 3.63) is 83.2 Å². The van der Waals surface area contributed by atoms with Crippen LogP contribution in [0.1, 0.15) is 35.3 Å². The molecule has 3 aromatic rings. The lowest BCUT2D eigenvalue weighted by atomic mass is 10.1. The highest BCUT2D eigenvalue weighted by atomic mass is 19.4. The topological polar surface area (TPSA) is 29.9 Å². The molecule has 1 heterocycles. The molecule has 0 unspecified atom stereocenters. The first-order chi connectivity index (χ1) is 12.4. The first-order valence-electron chi connectivity index (χ1n) is 8.35. The molecular weight excluding hydrogens is 339 g/mol. The Balaban J connectivity index is 1.72. The zero-order valence-corrected chi connectivity index (χ0v) is 14.6. The molecule has 0 saturated heterocycles. The molecule has 0 aliphatic carbocycles. The first kappa shape index (κ1) is 18.2. The van der Waals surface area contributed by atoms with Crippen LogP contribution < -0.4 is 5.32 Å². The van der Waals surface area contributed by atoms with Crippen LogP contribution in [-0.2, 0) is 12.7 Å². The van der Waals surface area contributed by atoms with E-state index in [0.29, 0.717) is 12.1 Å². The maximum Gasteiger partial charge on any atom is 0.416 e. The van der Waals surface area contributed by atoms with E-state index in [1.807, 2.05) is 48.9 Å². The van der Waals surface area contributed by atoms with Gasteiger partial charge >= 0.3 is 6.18 Å². The molecule has 1 aromatic heterocycles. The van der Waals surface area contributed by atoms with Gasteiger partial charge in [0.2, 0.25) is 0 Å². The third-order valence-electron chi connectivity index (χ3n) is 4.38. The van der Waals surface area contributed by atoms with Gasteiger partial charge in [0.1, 0.15) is 0 Å². The van der Waals surface area contributed by atoms with Crippen molar-refractivity contribution in [2.45, 2.75) is 32.6 Å².